The third-order valence-electron chi connectivity index (χ3n) is 3.09. The SMILES string of the molecule is C=CCOc1ccc(-c2ccc(OC(=O)C=C)cc2)c(OC)c1. The second-order valence-corrected chi connectivity index (χ2v) is 4.61. The Labute approximate surface area is 135 Å². The molecule has 2 rings (SSSR count). The number of benzene rings is 2. The Balaban J connectivity index is 2.25. The molecule has 0 saturated carbocycles. The summed E-state index contributed by atoms with van der Waals surface area (Å²) < 4.78 is 16.0. The predicted octanol–water partition coefficient (Wildman–Crippen LogP) is 4.02. The summed E-state index contributed by atoms with van der Waals surface area (Å²) in [6, 6.07) is 12.8. The third kappa shape index (κ3) is 4.23. The molecule has 4 heteroatoms. The number of carbonyl (C=O) groups excluding carboxylic acids is 1. The molecule has 0 aliphatic heterocycles. The first kappa shape index (κ1) is 16.4. The standard InChI is InChI=1S/C19H18O4/c1-4-12-22-16-10-11-17(18(13-16)21-3)14-6-8-15(9-7-14)23-19(20)5-2/h4-11,13H,1-2,12H2,3H3. The van der Waals surface area contributed by atoms with Crippen molar-refractivity contribution in [2.75, 3.05) is 13.7 Å². The van der Waals surface area contributed by atoms with Gasteiger partial charge in [-0.25, -0.2) is 4.79 Å². The number of hydrogen-bond donors (Lipinski definition) is 0. The van der Waals surface area contributed by atoms with Crippen LogP contribution in [0.15, 0.2) is 67.8 Å². The average Bonchev–Trinajstić information content (AvgIpc) is 2.60. The fourth-order valence-corrected chi connectivity index (χ4v) is 2.02. The molecule has 2 aromatic carbocycles. The van der Waals surface area contributed by atoms with Gasteiger partial charge in [-0.15, -0.1) is 0 Å². The predicted molar refractivity (Wildman–Crippen MR) is 90.0 cm³/mol. The lowest BCUT2D eigenvalue weighted by molar-refractivity contribution is -0.128. The summed E-state index contributed by atoms with van der Waals surface area (Å²) in [5.41, 5.74) is 1.86. The Bertz CT molecular complexity index is 702. The van der Waals surface area contributed by atoms with Crippen molar-refractivity contribution in [3.8, 4) is 28.4 Å². The summed E-state index contributed by atoms with van der Waals surface area (Å²) in [5, 5.41) is 0. The first-order valence-electron chi connectivity index (χ1n) is 7.04. The number of hydrogen-bond acceptors (Lipinski definition) is 4. The van der Waals surface area contributed by atoms with Crippen molar-refractivity contribution in [1.82, 2.24) is 0 Å². The molecular formula is C19H18O4. The Morgan fingerprint density at radius 1 is 1.09 bits per heavy atom. The van der Waals surface area contributed by atoms with Gasteiger partial charge in [0.1, 0.15) is 23.9 Å². The first-order chi connectivity index (χ1) is 11.2. The van der Waals surface area contributed by atoms with Crippen LogP contribution < -0.4 is 14.2 Å². The van der Waals surface area contributed by atoms with Gasteiger partial charge in [-0.3, -0.25) is 0 Å². The lowest BCUT2D eigenvalue weighted by Crippen LogP contribution is -2.02. The second kappa shape index (κ2) is 7.84. The van der Waals surface area contributed by atoms with Crippen molar-refractivity contribution in [3.63, 3.8) is 0 Å². The molecule has 0 spiro atoms. The quantitative estimate of drug-likeness (QED) is 0.335. The maximum Gasteiger partial charge on any atom is 0.335 e. The topological polar surface area (TPSA) is 44.8 Å². The van der Waals surface area contributed by atoms with Crippen LogP contribution in [0, 0.1) is 0 Å². The van der Waals surface area contributed by atoms with Gasteiger partial charge in [-0.1, -0.05) is 31.4 Å². The van der Waals surface area contributed by atoms with E-state index in [1.807, 2.05) is 30.3 Å². The molecule has 118 valence electrons. The van der Waals surface area contributed by atoms with E-state index >= 15 is 0 Å². The third-order valence-corrected chi connectivity index (χ3v) is 3.09. The zero-order valence-corrected chi connectivity index (χ0v) is 13.0. The molecule has 0 amide bonds. The van der Waals surface area contributed by atoms with Crippen LogP contribution in [0.1, 0.15) is 0 Å². The summed E-state index contributed by atoms with van der Waals surface area (Å²) in [7, 11) is 1.61. The highest BCUT2D eigenvalue weighted by Gasteiger charge is 2.08. The summed E-state index contributed by atoms with van der Waals surface area (Å²) >= 11 is 0. The van der Waals surface area contributed by atoms with Crippen molar-refractivity contribution in [2.24, 2.45) is 0 Å². The van der Waals surface area contributed by atoms with E-state index in [4.69, 9.17) is 14.2 Å². The zero-order valence-electron chi connectivity index (χ0n) is 13.0. The molecule has 0 atom stereocenters. The Hall–Kier alpha value is -3.01. The molecule has 0 aromatic heterocycles. The molecule has 0 bridgehead atoms. The molecular weight excluding hydrogens is 292 g/mol. The highest BCUT2D eigenvalue weighted by Crippen LogP contribution is 2.34. The molecule has 0 aliphatic carbocycles. The van der Waals surface area contributed by atoms with Crippen LogP contribution in [-0.4, -0.2) is 19.7 Å². The minimum Gasteiger partial charge on any atom is -0.496 e. The normalized spacial score (nSPS) is 9.78. The molecule has 0 fully saturated rings. The average molecular weight is 310 g/mol. The van der Waals surface area contributed by atoms with Gasteiger partial charge in [-0.2, -0.15) is 0 Å². The molecule has 23 heavy (non-hydrogen) atoms. The van der Waals surface area contributed by atoms with Crippen LogP contribution in [0.4, 0.5) is 0 Å². The van der Waals surface area contributed by atoms with Crippen LogP contribution in [0.5, 0.6) is 17.2 Å². The van der Waals surface area contributed by atoms with Crippen molar-refractivity contribution in [3.05, 3.63) is 67.8 Å². The van der Waals surface area contributed by atoms with Gasteiger partial charge in [-0.05, 0) is 29.8 Å². The molecule has 0 N–H and O–H groups in total. The highest BCUT2D eigenvalue weighted by molar-refractivity contribution is 5.83. The van der Waals surface area contributed by atoms with Crippen LogP contribution in [0.2, 0.25) is 0 Å². The monoisotopic (exact) mass is 310 g/mol. The Kier molecular flexibility index (Phi) is 5.58. The van der Waals surface area contributed by atoms with Gasteiger partial charge in [0.25, 0.3) is 0 Å². The molecule has 0 aliphatic rings. The minimum atomic E-state index is -0.487. The largest absolute Gasteiger partial charge is 0.496 e. The molecule has 0 unspecified atom stereocenters. The van der Waals surface area contributed by atoms with Crippen LogP contribution in [-0.2, 0) is 4.79 Å². The van der Waals surface area contributed by atoms with E-state index in [1.54, 1.807) is 25.3 Å². The van der Waals surface area contributed by atoms with E-state index in [1.165, 1.54) is 0 Å². The Morgan fingerprint density at radius 2 is 1.78 bits per heavy atom. The fraction of sp³-hybridized carbons (Fsp3) is 0.105. The molecule has 4 nitrogen and oxygen atoms in total. The van der Waals surface area contributed by atoms with Gasteiger partial charge in [0.2, 0.25) is 0 Å². The maximum absolute atomic E-state index is 11.2. The van der Waals surface area contributed by atoms with E-state index in [0.717, 1.165) is 17.2 Å². The van der Waals surface area contributed by atoms with Gasteiger partial charge >= 0.3 is 5.97 Å². The number of rotatable bonds is 7. The number of ether oxygens (including phenoxy) is 3. The van der Waals surface area contributed by atoms with Gasteiger partial charge in [0.15, 0.2) is 0 Å². The van der Waals surface area contributed by atoms with Gasteiger partial charge in [0, 0.05) is 17.7 Å². The van der Waals surface area contributed by atoms with Crippen molar-refractivity contribution in [1.29, 1.82) is 0 Å². The van der Waals surface area contributed by atoms with E-state index in [2.05, 4.69) is 13.2 Å². The molecule has 0 radical (unpaired) electrons. The number of esters is 1. The zero-order chi connectivity index (χ0) is 16.7. The Morgan fingerprint density at radius 3 is 2.39 bits per heavy atom. The molecule has 2 aromatic rings. The summed E-state index contributed by atoms with van der Waals surface area (Å²) in [6.07, 6.45) is 2.81. The molecule has 0 saturated heterocycles. The molecule has 0 heterocycles. The first-order valence-corrected chi connectivity index (χ1v) is 7.04. The van der Waals surface area contributed by atoms with Crippen LogP contribution in [0.3, 0.4) is 0 Å². The second-order valence-electron chi connectivity index (χ2n) is 4.61. The van der Waals surface area contributed by atoms with Crippen LogP contribution in [0.25, 0.3) is 11.1 Å². The highest BCUT2D eigenvalue weighted by atomic mass is 16.5. The summed E-state index contributed by atoms with van der Waals surface area (Å²) in [4.78, 5) is 11.2. The smallest absolute Gasteiger partial charge is 0.335 e. The lowest BCUT2D eigenvalue weighted by Gasteiger charge is -2.12. The maximum atomic E-state index is 11.2. The van der Waals surface area contributed by atoms with Crippen molar-refractivity contribution in [2.45, 2.75) is 0 Å². The summed E-state index contributed by atoms with van der Waals surface area (Å²) in [6.45, 7) is 7.42. The fourth-order valence-electron chi connectivity index (χ4n) is 2.02. The van der Waals surface area contributed by atoms with Crippen molar-refractivity contribution >= 4 is 5.97 Å². The van der Waals surface area contributed by atoms with E-state index in [9.17, 15) is 4.79 Å². The summed E-state index contributed by atoms with van der Waals surface area (Å²) in [5.74, 6) is 1.38. The van der Waals surface area contributed by atoms with Crippen LogP contribution >= 0.6 is 0 Å². The number of methoxy groups -OCH3 is 1. The van der Waals surface area contributed by atoms with E-state index in [-0.39, 0.29) is 0 Å². The van der Waals surface area contributed by atoms with Crippen molar-refractivity contribution < 1.29 is 19.0 Å². The van der Waals surface area contributed by atoms with E-state index in [0.29, 0.717) is 23.9 Å². The van der Waals surface area contributed by atoms with E-state index < -0.39 is 5.97 Å². The number of carbonyl (C=O) groups is 1. The van der Waals surface area contributed by atoms with Gasteiger partial charge < -0.3 is 14.2 Å². The minimum absolute atomic E-state index is 0.436. The lowest BCUT2D eigenvalue weighted by atomic mass is 10.0. The van der Waals surface area contributed by atoms with Gasteiger partial charge in [0.05, 0.1) is 7.11 Å².